The van der Waals surface area contributed by atoms with E-state index in [1.54, 1.807) is 0 Å². The van der Waals surface area contributed by atoms with Gasteiger partial charge in [0.05, 0.1) is 18.3 Å². The van der Waals surface area contributed by atoms with Crippen LogP contribution in [0, 0.1) is 50.0 Å². The van der Waals surface area contributed by atoms with Gasteiger partial charge in [0.2, 0.25) is 0 Å². The smallest absolute Gasteiger partial charge is 0.103 e. The molecule has 1 unspecified atom stereocenters. The maximum atomic E-state index is 9.84. The number of hydrogen-bond acceptors (Lipinski definition) is 5. The normalized spacial score (nSPS) is 41.5. The van der Waals surface area contributed by atoms with E-state index in [0.717, 1.165) is 0 Å². The minimum Gasteiger partial charge on any atom is -0.672 e. The second kappa shape index (κ2) is 7.11. The van der Waals surface area contributed by atoms with Crippen LogP contribution < -0.4 is 0 Å². The molecule has 0 spiro atoms. The fourth-order valence-corrected chi connectivity index (χ4v) is 2.31. The first-order valence-electron chi connectivity index (χ1n) is 5.37. The van der Waals surface area contributed by atoms with E-state index in [4.69, 9.17) is 10.8 Å². The van der Waals surface area contributed by atoms with Gasteiger partial charge in [0.1, 0.15) is 6.10 Å². The van der Waals surface area contributed by atoms with E-state index < -0.39 is 42.5 Å². The summed E-state index contributed by atoms with van der Waals surface area (Å²) in [5.74, 6) is -0.749. The van der Waals surface area contributed by atoms with Crippen LogP contribution in [0.3, 0.4) is 0 Å². The van der Waals surface area contributed by atoms with Crippen molar-refractivity contribution in [2.45, 2.75) is 49.7 Å². The SMILES string of the molecule is C[C@@]1(O)CC([C@H](O)[C@H](O)CO)[C@H]([NH-])[C@@H](O)C1.[Ac]. The molecule has 1 radical (unpaired) electrons. The Labute approximate surface area is 136 Å². The molecule has 0 bridgehead atoms. The molecule has 0 amide bonds. The van der Waals surface area contributed by atoms with Crippen LogP contribution in [0.2, 0.25) is 0 Å². The molecule has 1 aliphatic carbocycles. The van der Waals surface area contributed by atoms with Crippen LogP contribution in [0.4, 0.5) is 0 Å². The Balaban J connectivity index is 0.00000256. The van der Waals surface area contributed by atoms with Gasteiger partial charge in [-0.2, -0.15) is 0 Å². The zero-order chi connectivity index (χ0) is 12.5. The molecule has 0 aromatic heterocycles. The standard InChI is InChI=1S/C10H20NO5.Ac/c1-10(16)2-5(8(11)6(13)3-10)9(15)7(14)4-12;/h5-9,11-16H,2-4H2,1H3;/q-1;/t5?,6-,7+,8-,9-,10+;/m0./s1. The predicted molar refractivity (Wildman–Crippen MR) is 56.6 cm³/mol. The second-order valence-corrected chi connectivity index (χ2v) is 4.90. The molecule has 1 fully saturated rings. The molecular formula is C10H20AcNO5-. The second-order valence-electron chi connectivity index (χ2n) is 4.90. The van der Waals surface area contributed by atoms with E-state index in [1.165, 1.54) is 6.92 Å². The first kappa shape index (κ1) is 18.2. The molecule has 0 aliphatic heterocycles. The molecule has 1 saturated carbocycles. The molecular weight excluding hydrogens is 441 g/mol. The Morgan fingerprint density at radius 1 is 1.35 bits per heavy atom. The number of rotatable bonds is 3. The van der Waals surface area contributed by atoms with Gasteiger partial charge in [-0.1, -0.05) is 0 Å². The molecule has 6 atom stereocenters. The Morgan fingerprint density at radius 3 is 2.35 bits per heavy atom. The summed E-state index contributed by atoms with van der Waals surface area (Å²) in [4.78, 5) is 0. The Hall–Kier alpha value is 1.20. The zero-order valence-corrected chi connectivity index (χ0v) is 14.6. The molecule has 6 N–H and O–H groups in total. The fraction of sp³-hybridized carbons (Fsp3) is 1.00. The van der Waals surface area contributed by atoms with Crippen LogP contribution in [0.1, 0.15) is 19.8 Å². The van der Waals surface area contributed by atoms with Crippen molar-refractivity contribution < 1.29 is 69.6 Å². The van der Waals surface area contributed by atoms with Gasteiger partial charge in [0.25, 0.3) is 0 Å². The van der Waals surface area contributed by atoms with Crippen molar-refractivity contribution in [1.82, 2.24) is 0 Å². The molecule has 17 heavy (non-hydrogen) atoms. The first-order chi connectivity index (χ1) is 7.28. The van der Waals surface area contributed by atoms with Crippen LogP contribution in [0.5, 0.6) is 0 Å². The average molecular weight is 461 g/mol. The third-order valence-corrected chi connectivity index (χ3v) is 3.22. The third-order valence-electron chi connectivity index (χ3n) is 3.22. The summed E-state index contributed by atoms with van der Waals surface area (Å²) in [5, 5.41) is 47.2. The van der Waals surface area contributed by atoms with Crippen LogP contribution in [-0.4, -0.2) is 62.1 Å². The van der Waals surface area contributed by atoms with E-state index in [-0.39, 0.29) is 56.9 Å². The van der Waals surface area contributed by atoms with E-state index in [2.05, 4.69) is 0 Å². The van der Waals surface area contributed by atoms with Gasteiger partial charge in [-0.15, -0.1) is 6.04 Å². The Bertz CT molecular complexity index is 241. The van der Waals surface area contributed by atoms with E-state index in [0.29, 0.717) is 0 Å². The van der Waals surface area contributed by atoms with Crippen molar-refractivity contribution in [2.24, 2.45) is 5.92 Å². The van der Waals surface area contributed by atoms with Crippen LogP contribution >= 0.6 is 0 Å². The molecule has 0 heterocycles. The van der Waals surface area contributed by atoms with Crippen molar-refractivity contribution in [2.75, 3.05) is 6.61 Å². The van der Waals surface area contributed by atoms with Gasteiger partial charge >= 0.3 is 0 Å². The van der Waals surface area contributed by atoms with Gasteiger partial charge in [-0.25, -0.2) is 0 Å². The number of aliphatic hydroxyl groups is 5. The quantitative estimate of drug-likeness (QED) is 0.355. The van der Waals surface area contributed by atoms with Crippen molar-refractivity contribution in [3.05, 3.63) is 5.73 Å². The van der Waals surface area contributed by atoms with Crippen molar-refractivity contribution in [3.63, 3.8) is 0 Å². The topological polar surface area (TPSA) is 125 Å². The molecule has 1 aliphatic rings. The fourth-order valence-electron chi connectivity index (χ4n) is 2.31. The molecule has 0 aromatic rings. The van der Waals surface area contributed by atoms with Crippen molar-refractivity contribution >= 4 is 0 Å². The monoisotopic (exact) mass is 461 g/mol. The average Bonchev–Trinajstić information content (AvgIpc) is 2.20. The minimum atomic E-state index is -1.35. The van der Waals surface area contributed by atoms with Crippen LogP contribution in [0.15, 0.2) is 0 Å². The van der Waals surface area contributed by atoms with Crippen LogP contribution in [-0.2, 0) is 0 Å². The molecule has 0 aromatic carbocycles. The molecule has 6 nitrogen and oxygen atoms in total. The van der Waals surface area contributed by atoms with Gasteiger partial charge < -0.3 is 31.3 Å². The molecule has 99 valence electrons. The Kier molecular flexibility index (Phi) is 7.61. The van der Waals surface area contributed by atoms with Gasteiger partial charge in [0, 0.05) is 56.6 Å². The van der Waals surface area contributed by atoms with E-state index in [9.17, 15) is 20.4 Å². The minimum absolute atomic E-state index is 0. The van der Waals surface area contributed by atoms with E-state index >= 15 is 0 Å². The Morgan fingerprint density at radius 2 is 1.88 bits per heavy atom. The number of nitrogens with one attached hydrogen (secondary N) is 1. The van der Waals surface area contributed by atoms with E-state index in [1.807, 2.05) is 0 Å². The largest absolute Gasteiger partial charge is 0.672 e. The number of aliphatic hydroxyl groups excluding tert-OH is 4. The third kappa shape index (κ3) is 4.66. The maximum absolute atomic E-state index is 9.84. The molecule has 7 heteroatoms. The maximum Gasteiger partial charge on any atom is 0.103 e. The summed E-state index contributed by atoms with van der Waals surface area (Å²) >= 11 is 0. The summed E-state index contributed by atoms with van der Waals surface area (Å²) in [6.07, 6.45) is -3.49. The summed E-state index contributed by atoms with van der Waals surface area (Å²) in [5.41, 5.74) is 6.54. The summed E-state index contributed by atoms with van der Waals surface area (Å²) in [6.45, 7) is 0.912. The molecule has 1 rings (SSSR count). The summed E-state index contributed by atoms with van der Waals surface area (Å²) in [7, 11) is 0. The van der Waals surface area contributed by atoms with Crippen LogP contribution in [0.25, 0.3) is 5.73 Å². The van der Waals surface area contributed by atoms with Crippen molar-refractivity contribution in [3.8, 4) is 0 Å². The summed E-state index contributed by atoms with van der Waals surface area (Å²) in [6, 6.07) is -0.962. The van der Waals surface area contributed by atoms with Gasteiger partial charge in [-0.3, -0.25) is 0 Å². The zero-order valence-electron chi connectivity index (χ0n) is 9.82. The summed E-state index contributed by atoms with van der Waals surface area (Å²) < 4.78 is 0. The van der Waals surface area contributed by atoms with Gasteiger partial charge in [0.15, 0.2) is 0 Å². The van der Waals surface area contributed by atoms with Crippen molar-refractivity contribution in [1.29, 1.82) is 0 Å². The van der Waals surface area contributed by atoms with Gasteiger partial charge in [-0.05, 0) is 19.3 Å². The first-order valence-corrected chi connectivity index (χ1v) is 5.37. The molecule has 0 saturated heterocycles. The number of hydrogen-bond donors (Lipinski definition) is 5. The predicted octanol–water partition coefficient (Wildman–Crippen LogP) is -1.36.